The summed E-state index contributed by atoms with van der Waals surface area (Å²) in [6.07, 6.45) is 7.86. The third-order valence-corrected chi connectivity index (χ3v) is 14.0. The Labute approximate surface area is 115 Å². The number of rotatable bonds is 7. The average Bonchev–Trinajstić information content (AvgIpc) is 2.31. The predicted octanol–water partition coefficient (Wildman–Crippen LogP) is 5.41. The molecule has 0 N–H and O–H groups in total. The van der Waals surface area contributed by atoms with Crippen LogP contribution in [0, 0.1) is 0 Å². The van der Waals surface area contributed by atoms with Crippen LogP contribution in [0.1, 0.15) is 40.0 Å². The second-order valence-corrected chi connectivity index (χ2v) is 15.7. The van der Waals surface area contributed by atoms with Gasteiger partial charge in [0.2, 0.25) is 0 Å². The molecule has 0 aliphatic heterocycles. The van der Waals surface area contributed by atoms with Gasteiger partial charge in [-0.15, -0.1) is 0 Å². The molecule has 98 valence electrons. The molecule has 0 saturated carbocycles. The van der Waals surface area contributed by atoms with E-state index in [1.807, 2.05) is 0 Å². The van der Waals surface area contributed by atoms with E-state index in [4.69, 9.17) is 0 Å². The Morgan fingerprint density at radius 2 is 1.24 bits per heavy atom. The summed E-state index contributed by atoms with van der Waals surface area (Å²) in [4.78, 5) is 0. The van der Waals surface area contributed by atoms with Crippen LogP contribution in [-0.2, 0) is 0 Å². The Hall–Kier alpha value is 0.130. The molecule has 1 rings (SSSR count). The van der Waals surface area contributed by atoms with Gasteiger partial charge in [-0.1, -0.05) is 0 Å². The van der Waals surface area contributed by atoms with Crippen LogP contribution in [-0.4, -0.2) is 18.5 Å². The van der Waals surface area contributed by atoms with Gasteiger partial charge >= 0.3 is 115 Å². The average molecular weight is 317 g/mol. The summed E-state index contributed by atoms with van der Waals surface area (Å²) in [5, 5.41) is -0.256. The van der Waals surface area contributed by atoms with Gasteiger partial charge in [0, 0.05) is 0 Å². The Balaban J connectivity index is 3.23. The van der Waals surface area contributed by atoms with Crippen molar-refractivity contribution < 1.29 is 0 Å². The molecule has 0 saturated heterocycles. The SMILES string of the molecule is CCCP(Br)(CCC)(CCC)c1ccccc1. The van der Waals surface area contributed by atoms with Crippen LogP contribution in [0.3, 0.4) is 0 Å². The summed E-state index contributed by atoms with van der Waals surface area (Å²) in [6.45, 7) is 6.95. The second-order valence-electron chi connectivity index (χ2n) is 5.09. The van der Waals surface area contributed by atoms with Crippen LogP contribution in [0.25, 0.3) is 0 Å². The molecular formula is C15H26BrP. The van der Waals surface area contributed by atoms with E-state index >= 15 is 0 Å². The predicted molar refractivity (Wildman–Crippen MR) is 87.4 cm³/mol. The fourth-order valence-corrected chi connectivity index (χ4v) is 12.4. The van der Waals surface area contributed by atoms with Gasteiger partial charge in [-0.05, 0) is 0 Å². The third-order valence-electron chi connectivity index (χ3n) is 3.61. The van der Waals surface area contributed by atoms with Crippen molar-refractivity contribution in [2.75, 3.05) is 18.5 Å². The zero-order valence-electron chi connectivity index (χ0n) is 11.5. The summed E-state index contributed by atoms with van der Waals surface area (Å²) >= 11 is 4.31. The Bertz CT molecular complexity index is 314. The van der Waals surface area contributed by atoms with E-state index in [0.29, 0.717) is 0 Å². The van der Waals surface area contributed by atoms with Crippen molar-refractivity contribution in [2.24, 2.45) is 0 Å². The quantitative estimate of drug-likeness (QED) is 0.590. The molecule has 0 spiro atoms. The molecular weight excluding hydrogens is 291 g/mol. The van der Waals surface area contributed by atoms with Crippen molar-refractivity contribution >= 4 is 26.1 Å². The molecule has 0 aliphatic carbocycles. The van der Waals surface area contributed by atoms with E-state index in [-0.39, 0.29) is 0 Å². The third kappa shape index (κ3) is 3.32. The Morgan fingerprint density at radius 1 is 0.824 bits per heavy atom. The van der Waals surface area contributed by atoms with Gasteiger partial charge < -0.3 is 0 Å². The molecule has 0 unspecified atom stereocenters. The minimum atomic E-state index is -1.84. The summed E-state index contributed by atoms with van der Waals surface area (Å²) in [6, 6.07) is 11.2. The molecule has 0 atom stereocenters. The van der Waals surface area contributed by atoms with Gasteiger partial charge in [0.1, 0.15) is 0 Å². The van der Waals surface area contributed by atoms with Crippen LogP contribution in [0.5, 0.6) is 0 Å². The minimum absolute atomic E-state index is 1.28. The fraction of sp³-hybridized carbons (Fsp3) is 0.600. The second kappa shape index (κ2) is 6.34. The first-order valence-corrected chi connectivity index (χ1v) is 11.7. The van der Waals surface area contributed by atoms with E-state index in [1.165, 1.54) is 37.7 Å². The van der Waals surface area contributed by atoms with Crippen molar-refractivity contribution in [3.8, 4) is 0 Å². The van der Waals surface area contributed by atoms with Crippen molar-refractivity contribution in [3.05, 3.63) is 30.3 Å². The molecule has 0 heterocycles. The van der Waals surface area contributed by atoms with Crippen LogP contribution < -0.4 is 5.30 Å². The fourth-order valence-electron chi connectivity index (χ4n) is 3.06. The molecule has 0 radical (unpaired) electrons. The number of hydrogen-bond donors (Lipinski definition) is 0. The summed E-state index contributed by atoms with van der Waals surface area (Å²) < 4.78 is 0. The summed E-state index contributed by atoms with van der Waals surface area (Å²) in [7, 11) is 0. The molecule has 0 bridgehead atoms. The maximum absolute atomic E-state index is 4.31. The molecule has 2 heteroatoms. The van der Waals surface area contributed by atoms with Crippen LogP contribution in [0.4, 0.5) is 0 Å². The van der Waals surface area contributed by atoms with Gasteiger partial charge in [-0.2, -0.15) is 0 Å². The van der Waals surface area contributed by atoms with E-state index in [1.54, 1.807) is 5.30 Å². The Kier molecular flexibility index (Phi) is 5.67. The Morgan fingerprint density at radius 3 is 1.59 bits per heavy atom. The van der Waals surface area contributed by atoms with Crippen LogP contribution in [0.15, 0.2) is 30.3 Å². The number of benzene rings is 1. The molecule has 0 aliphatic rings. The molecule has 1 aromatic rings. The van der Waals surface area contributed by atoms with Gasteiger partial charge in [-0.3, -0.25) is 0 Å². The van der Waals surface area contributed by atoms with Gasteiger partial charge in [0.05, 0.1) is 0 Å². The van der Waals surface area contributed by atoms with Crippen molar-refractivity contribution in [1.29, 1.82) is 0 Å². The van der Waals surface area contributed by atoms with Crippen molar-refractivity contribution in [1.82, 2.24) is 0 Å². The first-order chi connectivity index (χ1) is 8.09. The van der Waals surface area contributed by atoms with E-state index in [2.05, 4.69) is 66.6 Å². The van der Waals surface area contributed by atoms with Crippen LogP contribution in [0.2, 0.25) is 0 Å². The first kappa shape index (κ1) is 15.2. The number of hydrogen-bond acceptors (Lipinski definition) is 0. The summed E-state index contributed by atoms with van der Waals surface area (Å²) in [5.41, 5.74) is 0. The standard InChI is InChI=1S/C15H26BrP/c1-4-12-17(16,13-5-2,14-6-3)15-10-8-7-9-11-15/h7-11H,4-6,12-14H2,1-3H3. The van der Waals surface area contributed by atoms with Crippen LogP contribution >= 0.6 is 20.8 Å². The number of halogens is 1. The van der Waals surface area contributed by atoms with E-state index in [9.17, 15) is 0 Å². The van der Waals surface area contributed by atoms with Gasteiger partial charge in [-0.25, -0.2) is 0 Å². The molecule has 0 amide bonds. The summed E-state index contributed by atoms with van der Waals surface area (Å²) in [5.74, 6) is 0. The molecule has 17 heavy (non-hydrogen) atoms. The zero-order valence-corrected chi connectivity index (χ0v) is 13.9. The van der Waals surface area contributed by atoms with Crippen molar-refractivity contribution in [3.63, 3.8) is 0 Å². The maximum atomic E-state index is 4.31. The normalized spacial score (nSPS) is 14.2. The monoisotopic (exact) mass is 316 g/mol. The molecule has 0 aromatic heterocycles. The van der Waals surface area contributed by atoms with Gasteiger partial charge in [0.25, 0.3) is 0 Å². The van der Waals surface area contributed by atoms with Crippen molar-refractivity contribution in [2.45, 2.75) is 40.0 Å². The molecule has 0 nitrogen and oxygen atoms in total. The topological polar surface area (TPSA) is 0 Å². The van der Waals surface area contributed by atoms with Gasteiger partial charge in [0.15, 0.2) is 0 Å². The first-order valence-electron chi connectivity index (χ1n) is 6.87. The van der Waals surface area contributed by atoms with E-state index in [0.717, 1.165) is 0 Å². The van der Waals surface area contributed by atoms with E-state index < -0.39 is 5.31 Å². The molecule has 0 fully saturated rings. The molecule has 1 aromatic carbocycles. The zero-order chi connectivity index (χ0) is 12.8.